The highest BCUT2D eigenvalue weighted by molar-refractivity contribution is 7.99. The molecule has 1 unspecified atom stereocenters. The van der Waals surface area contributed by atoms with Gasteiger partial charge >= 0.3 is 0 Å². The van der Waals surface area contributed by atoms with Gasteiger partial charge in [-0.25, -0.2) is 4.39 Å². The number of nitrogens with zero attached hydrogens (tertiary/aromatic N) is 1. The van der Waals surface area contributed by atoms with Crippen LogP contribution >= 0.6 is 11.8 Å². The van der Waals surface area contributed by atoms with Crippen LogP contribution in [0.2, 0.25) is 0 Å². The van der Waals surface area contributed by atoms with Crippen molar-refractivity contribution in [2.45, 2.75) is 43.4 Å². The lowest BCUT2D eigenvalue weighted by atomic mass is 10.0. The summed E-state index contributed by atoms with van der Waals surface area (Å²) < 4.78 is 13.0. The minimum Gasteiger partial charge on any atom is -0.323 e. The highest BCUT2D eigenvalue weighted by Crippen LogP contribution is 2.30. The number of rotatable bonds is 4. The Labute approximate surface area is 106 Å². The van der Waals surface area contributed by atoms with Crippen LogP contribution in [-0.2, 0) is 0 Å². The standard InChI is InChI=1S/C13H19FN2S/c14-11-6-10(7-16-8-11)13(15)9-17-12-4-2-1-3-5-12/h6-8,12-13H,1-5,9,15H2. The van der Waals surface area contributed by atoms with E-state index in [2.05, 4.69) is 4.98 Å². The Morgan fingerprint density at radius 2 is 2.12 bits per heavy atom. The maximum absolute atomic E-state index is 13.0. The van der Waals surface area contributed by atoms with Crippen LogP contribution < -0.4 is 5.73 Å². The molecule has 1 aromatic rings. The zero-order chi connectivity index (χ0) is 12.1. The van der Waals surface area contributed by atoms with Crippen molar-refractivity contribution in [1.29, 1.82) is 0 Å². The zero-order valence-electron chi connectivity index (χ0n) is 9.94. The molecule has 1 fully saturated rings. The van der Waals surface area contributed by atoms with E-state index in [0.29, 0.717) is 0 Å². The second kappa shape index (κ2) is 6.36. The predicted molar refractivity (Wildman–Crippen MR) is 70.5 cm³/mol. The summed E-state index contributed by atoms with van der Waals surface area (Å²) in [5.74, 6) is 0.552. The molecule has 0 radical (unpaired) electrons. The normalized spacial score (nSPS) is 19.2. The van der Waals surface area contributed by atoms with Crippen LogP contribution in [0, 0.1) is 5.82 Å². The van der Waals surface area contributed by atoms with E-state index in [1.807, 2.05) is 11.8 Å². The SMILES string of the molecule is NC(CSC1CCCCC1)c1cncc(F)c1. The summed E-state index contributed by atoms with van der Waals surface area (Å²) in [5, 5.41) is 0.747. The first kappa shape index (κ1) is 12.8. The van der Waals surface area contributed by atoms with E-state index >= 15 is 0 Å². The van der Waals surface area contributed by atoms with Crippen molar-refractivity contribution in [1.82, 2.24) is 4.98 Å². The molecule has 94 valence electrons. The third-order valence-electron chi connectivity index (χ3n) is 3.22. The Morgan fingerprint density at radius 3 is 2.82 bits per heavy atom. The van der Waals surface area contributed by atoms with Gasteiger partial charge in [-0.1, -0.05) is 19.3 Å². The maximum atomic E-state index is 13.0. The fourth-order valence-corrected chi connectivity index (χ4v) is 3.54. The van der Waals surface area contributed by atoms with E-state index < -0.39 is 0 Å². The first-order valence-electron chi connectivity index (χ1n) is 6.23. The Hall–Kier alpha value is -0.610. The molecule has 0 aliphatic heterocycles. The predicted octanol–water partition coefficient (Wildman–Crippen LogP) is 3.29. The van der Waals surface area contributed by atoms with Crippen LogP contribution in [0.3, 0.4) is 0 Å². The molecule has 0 spiro atoms. The molecule has 2 rings (SSSR count). The molecule has 1 saturated carbocycles. The molecule has 1 atom stereocenters. The van der Waals surface area contributed by atoms with Crippen molar-refractivity contribution in [2.24, 2.45) is 5.73 Å². The van der Waals surface area contributed by atoms with Crippen molar-refractivity contribution in [3.8, 4) is 0 Å². The number of hydrogen-bond acceptors (Lipinski definition) is 3. The lowest BCUT2D eigenvalue weighted by molar-refractivity contribution is 0.515. The molecular formula is C13H19FN2S. The van der Waals surface area contributed by atoms with Gasteiger partial charge < -0.3 is 5.73 Å². The Balaban J connectivity index is 1.82. The first-order chi connectivity index (χ1) is 8.25. The highest BCUT2D eigenvalue weighted by atomic mass is 32.2. The highest BCUT2D eigenvalue weighted by Gasteiger charge is 2.16. The van der Waals surface area contributed by atoms with Crippen LogP contribution in [0.25, 0.3) is 0 Å². The first-order valence-corrected chi connectivity index (χ1v) is 7.28. The van der Waals surface area contributed by atoms with E-state index in [1.165, 1.54) is 44.4 Å². The molecule has 4 heteroatoms. The number of nitrogens with two attached hydrogens (primary N) is 1. The molecule has 0 bridgehead atoms. The van der Waals surface area contributed by atoms with Crippen molar-refractivity contribution < 1.29 is 4.39 Å². The largest absolute Gasteiger partial charge is 0.323 e. The summed E-state index contributed by atoms with van der Waals surface area (Å²) in [6, 6.07) is 1.38. The van der Waals surface area contributed by atoms with Crippen molar-refractivity contribution in [2.75, 3.05) is 5.75 Å². The van der Waals surface area contributed by atoms with Crippen LogP contribution in [-0.4, -0.2) is 16.0 Å². The topological polar surface area (TPSA) is 38.9 Å². The van der Waals surface area contributed by atoms with E-state index in [4.69, 9.17) is 5.73 Å². The molecule has 17 heavy (non-hydrogen) atoms. The van der Waals surface area contributed by atoms with Crippen LogP contribution in [0.5, 0.6) is 0 Å². The van der Waals surface area contributed by atoms with Gasteiger partial charge in [0, 0.05) is 23.2 Å². The molecule has 2 N–H and O–H groups in total. The smallest absolute Gasteiger partial charge is 0.141 e. The summed E-state index contributed by atoms with van der Waals surface area (Å²) in [5.41, 5.74) is 6.85. The van der Waals surface area contributed by atoms with Gasteiger partial charge in [0.25, 0.3) is 0 Å². The summed E-state index contributed by atoms with van der Waals surface area (Å²) in [4.78, 5) is 3.84. The Bertz CT molecular complexity index is 353. The Morgan fingerprint density at radius 1 is 1.35 bits per heavy atom. The van der Waals surface area contributed by atoms with Gasteiger partial charge in [0.15, 0.2) is 0 Å². The minimum atomic E-state index is -0.305. The summed E-state index contributed by atoms with van der Waals surface area (Å²) in [6.07, 6.45) is 9.54. The molecule has 0 amide bonds. The third-order valence-corrected chi connectivity index (χ3v) is 4.71. The van der Waals surface area contributed by atoms with Crippen molar-refractivity contribution in [3.05, 3.63) is 29.8 Å². The maximum Gasteiger partial charge on any atom is 0.141 e. The third kappa shape index (κ3) is 3.96. The fourth-order valence-electron chi connectivity index (χ4n) is 2.20. The summed E-state index contributed by atoms with van der Waals surface area (Å²) >= 11 is 1.93. The zero-order valence-corrected chi connectivity index (χ0v) is 10.8. The summed E-state index contributed by atoms with van der Waals surface area (Å²) in [6.45, 7) is 0. The molecule has 1 aromatic heterocycles. The lowest BCUT2D eigenvalue weighted by Gasteiger charge is -2.22. The summed E-state index contributed by atoms with van der Waals surface area (Å²) in [7, 11) is 0. The van der Waals surface area contributed by atoms with Gasteiger partial charge in [-0.05, 0) is 24.5 Å². The molecule has 0 saturated heterocycles. The van der Waals surface area contributed by atoms with E-state index in [9.17, 15) is 4.39 Å². The Kier molecular flexibility index (Phi) is 4.80. The average molecular weight is 254 g/mol. The van der Waals surface area contributed by atoms with E-state index in [1.54, 1.807) is 6.20 Å². The van der Waals surface area contributed by atoms with Gasteiger partial charge in [0.1, 0.15) is 5.82 Å². The fraction of sp³-hybridized carbons (Fsp3) is 0.615. The molecule has 1 aliphatic rings. The number of hydrogen-bond donors (Lipinski definition) is 1. The van der Waals surface area contributed by atoms with Crippen molar-refractivity contribution in [3.63, 3.8) is 0 Å². The van der Waals surface area contributed by atoms with E-state index in [0.717, 1.165) is 16.6 Å². The molecule has 1 heterocycles. The van der Waals surface area contributed by atoms with Crippen LogP contribution in [0.4, 0.5) is 4.39 Å². The van der Waals surface area contributed by atoms with Crippen molar-refractivity contribution >= 4 is 11.8 Å². The van der Waals surface area contributed by atoms with Gasteiger partial charge in [0.05, 0.1) is 6.20 Å². The van der Waals surface area contributed by atoms with Crippen LogP contribution in [0.15, 0.2) is 18.5 Å². The quantitative estimate of drug-likeness (QED) is 0.896. The van der Waals surface area contributed by atoms with Gasteiger partial charge in [0.2, 0.25) is 0 Å². The molecule has 1 aliphatic carbocycles. The van der Waals surface area contributed by atoms with Crippen LogP contribution in [0.1, 0.15) is 43.7 Å². The lowest BCUT2D eigenvalue weighted by Crippen LogP contribution is -2.17. The second-order valence-corrected chi connectivity index (χ2v) is 5.97. The second-order valence-electron chi connectivity index (χ2n) is 4.64. The number of pyridine rings is 1. The minimum absolute atomic E-state index is 0.106. The van der Waals surface area contributed by atoms with Gasteiger partial charge in [-0.2, -0.15) is 11.8 Å². The molecule has 0 aromatic carbocycles. The number of halogens is 1. The monoisotopic (exact) mass is 254 g/mol. The van der Waals surface area contributed by atoms with Gasteiger partial charge in [-0.15, -0.1) is 0 Å². The molecule has 2 nitrogen and oxygen atoms in total. The average Bonchev–Trinajstić information content (AvgIpc) is 2.37. The number of thioether (sulfide) groups is 1. The van der Waals surface area contributed by atoms with E-state index in [-0.39, 0.29) is 11.9 Å². The van der Waals surface area contributed by atoms with Gasteiger partial charge in [-0.3, -0.25) is 4.98 Å². The molecular weight excluding hydrogens is 235 g/mol. The number of aromatic nitrogens is 1.